The first kappa shape index (κ1) is 18.2. The van der Waals surface area contributed by atoms with E-state index < -0.39 is 11.7 Å². The molecule has 0 saturated heterocycles. The highest BCUT2D eigenvalue weighted by Crippen LogP contribution is 2.38. The SMILES string of the molecule is FC(F)(F)c1cc(C2CCCCC2)ccc1COc1ccc2c(c1)CCN2. The molecular formula is C22H24F3NO. The van der Waals surface area contributed by atoms with Crippen LogP contribution in [0.2, 0.25) is 0 Å². The molecule has 0 aromatic heterocycles. The van der Waals surface area contributed by atoms with Crippen molar-refractivity contribution in [2.75, 3.05) is 11.9 Å². The maximum Gasteiger partial charge on any atom is 0.416 e. The molecule has 144 valence electrons. The third-order valence-electron chi connectivity index (χ3n) is 5.70. The third kappa shape index (κ3) is 4.07. The van der Waals surface area contributed by atoms with Crippen LogP contribution in [0.5, 0.6) is 5.75 Å². The van der Waals surface area contributed by atoms with Gasteiger partial charge in [-0.3, -0.25) is 0 Å². The van der Waals surface area contributed by atoms with Gasteiger partial charge in [0, 0.05) is 17.8 Å². The molecule has 0 atom stereocenters. The number of hydrogen-bond donors (Lipinski definition) is 1. The van der Waals surface area contributed by atoms with Crippen LogP contribution in [0.3, 0.4) is 0 Å². The van der Waals surface area contributed by atoms with Crippen molar-refractivity contribution in [2.24, 2.45) is 0 Å². The molecule has 0 radical (unpaired) electrons. The van der Waals surface area contributed by atoms with Crippen LogP contribution in [0.1, 0.15) is 60.3 Å². The van der Waals surface area contributed by atoms with Gasteiger partial charge in [0.1, 0.15) is 12.4 Å². The van der Waals surface area contributed by atoms with E-state index in [1.54, 1.807) is 12.1 Å². The summed E-state index contributed by atoms with van der Waals surface area (Å²) in [5, 5.41) is 3.26. The predicted octanol–water partition coefficient (Wildman–Crippen LogP) is 6.30. The van der Waals surface area contributed by atoms with E-state index in [1.165, 1.54) is 12.5 Å². The lowest BCUT2D eigenvalue weighted by molar-refractivity contribution is -0.138. The molecule has 27 heavy (non-hydrogen) atoms. The molecule has 1 aliphatic carbocycles. The van der Waals surface area contributed by atoms with Crippen molar-refractivity contribution in [1.82, 2.24) is 0 Å². The van der Waals surface area contributed by atoms with Crippen molar-refractivity contribution >= 4 is 5.69 Å². The Hall–Kier alpha value is -2.17. The Labute approximate surface area is 157 Å². The summed E-state index contributed by atoms with van der Waals surface area (Å²) in [6.07, 6.45) is 1.90. The van der Waals surface area contributed by atoms with Crippen molar-refractivity contribution < 1.29 is 17.9 Å². The maximum absolute atomic E-state index is 13.6. The standard InChI is InChI=1S/C22H24F3NO/c23-22(24,25)20-13-16(15-4-2-1-3-5-15)6-7-18(20)14-27-19-8-9-21-17(12-19)10-11-26-21/h6-9,12-13,15,26H,1-5,10-11,14H2. The fourth-order valence-electron chi connectivity index (χ4n) is 4.21. The monoisotopic (exact) mass is 375 g/mol. The highest BCUT2D eigenvalue weighted by Gasteiger charge is 2.34. The third-order valence-corrected chi connectivity index (χ3v) is 5.70. The van der Waals surface area contributed by atoms with Gasteiger partial charge in [-0.15, -0.1) is 0 Å². The summed E-state index contributed by atoms with van der Waals surface area (Å²) < 4.78 is 46.6. The second kappa shape index (κ2) is 7.45. The minimum Gasteiger partial charge on any atom is -0.489 e. The number of benzene rings is 2. The van der Waals surface area contributed by atoms with Gasteiger partial charge >= 0.3 is 6.18 Å². The molecule has 2 nitrogen and oxygen atoms in total. The van der Waals surface area contributed by atoms with Gasteiger partial charge in [-0.2, -0.15) is 13.2 Å². The Balaban J connectivity index is 1.54. The second-order valence-electron chi connectivity index (χ2n) is 7.53. The van der Waals surface area contributed by atoms with Gasteiger partial charge in [0.2, 0.25) is 0 Å². The molecule has 0 bridgehead atoms. The number of rotatable bonds is 4. The zero-order valence-corrected chi connectivity index (χ0v) is 15.2. The molecular weight excluding hydrogens is 351 g/mol. The molecule has 1 N–H and O–H groups in total. The molecule has 0 unspecified atom stereocenters. The number of ether oxygens (including phenoxy) is 1. The first-order chi connectivity index (χ1) is 13.0. The number of halogens is 3. The van der Waals surface area contributed by atoms with E-state index in [0.717, 1.165) is 55.5 Å². The molecule has 2 aromatic carbocycles. The fraction of sp³-hybridized carbons (Fsp3) is 0.455. The predicted molar refractivity (Wildman–Crippen MR) is 100 cm³/mol. The van der Waals surface area contributed by atoms with Crippen LogP contribution in [-0.4, -0.2) is 6.54 Å². The van der Waals surface area contributed by atoms with Crippen LogP contribution < -0.4 is 10.1 Å². The van der Waals surface area contributed by atoms with Crippen LogP contribution in [-0.2, 0) is 19.2 Å². The van der Waals surface area contributed by atoms with Gasteiger partial charge in [0.25, 0.3) is 0 Å². The highest BCUT2D eigenvalue weighted by molar-refractivity contribution is 5.57. The Morgan fingerprint density at radius 2 is 1.81 bits per heavy atom. The van der Waals surface area contributed by atoms with Crippen LogP contribution in [0.15, 0.2) is 36.4 Å². The quantitative estimate of drug-likeness (QED) is 0.677. The molecule has 1 aliphatic heterocycles. The van der Waals surface area contributed by atoms with E-state index >= 15 is 0 Å². The smallest absolute Gasteiger partial charge is 0.416 e. The van der Waals surface area contributed by atoms with Gasteiger partial charge in [-0.25, -0.2) is 0 Å². The topological polar surface area (TPSA) is 21.3 Å². The van der Waals surface area contributed by atoms with E-state index in [0.29, 0.717) is 5.75 Å². The Morgan fingerprint density at radius 3 is 2.59 bits per heavy atom. The zero-order valence-electron chi connectivity index (χ0n) is 15.2. The van der Waals surface area contributed by atoms with Gasteiger partial charge in [0.15, 0.2) is 0 Å². The number of alkyl halides is 3. The lowest BCUT2D eigenvalue weighted by atomic mass is 9.83. The molecule has 2 aliphatic rings. The fourth-order valence-corrected chi connectivity index (χ4v) is 4.21. The van der Waals surface area contributed by atoms with Gasteiger partial charge in [-0.1, -0.05) is 31.4 Å². The number of hydrogen-bond acceptors (Lipinski definition) is 2. The van der Waals surface area contributed by atoms with Crippen LogP contribution >= 0.6 is 0 Å². The Kier molecular flexibility index (Phi) is 5.02. The minimum absolute atomic E-state index is 0.0774. The van der Waals surface area contributed by atoms with Gasteiger partial charge < -0.3 is 10.1 Å². The summed E-state index contributed by atoms with van der Waals surface area (Å²) >= 11 is 0. The van der Waals surface area contributed by atoms with Crippen molar-refractivity contribution in [3.8, 4) is 5.75 Å². The molecule has 0 spiro atoms. The zero-order chi connectivity index (χ0) is 18.9. The minimum atomic E-state index is -4.37. The lowest BCUT2D eigenvalue weighted by Crippen LogP contribution is -2.13. The summed E-state index contributed by atoms with van der Waals surface area (Å²) in [5.74, 6) is 0.862. The summed E-state index contributed by atoms with van der Waals surface area (Å²) in [7, 11) is 0. The Morgan fingerprint density at radius 1 is 1.00 bits per heavy atom. The van der Waals surface area contributed by atoms with Crippen molar-refractivity contribution in [1.29, 1.82) is 0 Å². The van der Waals surface area contributed by atoms with Crippen LogP contribution in [0.25, 0.3) is 0 Å². The summed E-state index contributed by atoms with van der Waals surface area (Å²) in [4.78, 5) is 0. The van der Waals surface area contributed by atoms with E-state index in [-0.39, 0.29) is 18.1 Å². The number of nitrogens with one attached hydrogen (secondary N) is 1. The van der Waals surface area contributed by atoms with E-state index in [1.807, 2.05) is 18.2 Å². The maximum atomic E-state index is 13.6. The molecule has 4 rings (SSSR count). The van der Waals surface area contributed by atoms with E-state index in [2.05, 4.69) is 5.32 Å². The number of fused-ring (bicyclic) bond motifs is 1. The highest BCUT2D eigenvalue weighted by atomic mass is 19.4. The lowest BCUT2D eigenvalue weighted by Gasteiger charge is -2.24. The first-order valence-corrected chi connectivity index (χ1v) is 9.70. The largest absolute Gasteiger partial charge is 0.489 e. The average molecular weight is 375 g/mol. The summed E-state index contributed by atoms with van der Waals surface area (Å²) in [6.45, 7) is 0.811. The molecule has 1 heterocycles. The van der Waals surface area contributed by atoms with Crippen molar-refractivity contribution in [2.45, 2.75) is 57.2 Å². The molecule has 1 fully saturated rings. The Bertz CT molecular complexity index is 810. The van der Waals surface area contributed by atoms with Crippen LogP contribution in [0, 0.1) is 0 Å². The molecule has 0 amide bonds. The van der Waals surface area contributed by atoms with E-state index in [4.69, 9.17) is 4.74 Å². The molecule has 2 aromatic rings. The van der Waals surface area contributed by atoms with Crippen LogP contribution in [0.4, 0.5) is 18.9 Å². The van der Waals surface area contributed by atoms with Crippen molar-refractivity contribution in [3.05, 3.63) is 58.7 Å². The molecule has 1 saturated carbocycles. The van der Waals surface area contributed by atoms with Crippen molar-refractivity contribution in [3.63, 3.8) is 0 Å². The number of anilines is 1. The summed E-state index contributed by atoms with van der Waals surface area (Å²) in [6, 6.07) is 10.5. The molecule has 5 heteroatoms. The van der Waals surface area contributed by atoms with E-state index in [9.17, 15) is 13.2 Å². The normalized spacial score (nSPS) is 17.4. The average Bonchev–Trinajstić information content (AvgIpc) is 3.14. The van der Waals surface area contributed by atoms with Gasteiger partial charge in [0.05, 0.1) is 5.56 Å². The first-order valence-electron chi connectivity index (χ1n) is 9.70. The van der Waals surface area contributed by atoms with Gasteiger partial charge in [-0.05, 0) is 60.6 Å². The summed E-state index contributed by atoms with van der Waals surface area (Å²) in [5.41, 5.74) is 2.68. The second-order valence-corrected chi connectivity index (χ2v) is 7.53.